The van der Waals surface area contributed by atoms with Gasteiger partial charge < -0.3 is 10.1 Å². The Morgan fingerprint density at radius 1 is 1.20 bits per heavy atom. The smallest absolute Gasteiger partial charge is 0.0724 e. The molecule has 2 rings (SSSR count). The Morgan fingerprint density at radius 3 is 2.53 bits per heavy atom. The van der Waals surface area contributed by atoms with Gasteiger partial charge in [-0.15, -0.1) is 0 Å². The van der Waals surface area contributed by atoms with Gasteiger partial charge in [0.05, 0.1) is 6.10 Å². The van der Waals surface area contributed by atoms with Crippen molar-refractivity contribution in [2.24, 2.45) is 5.41 Å². The highest BCUT2D eigenvalue weighted by Gasteiger charge is 2.33. The molecular formula is C13H25NO. The van der Waals surface area contributed by atoms with E-state index < -0.39 is 0 Å². The summed E-state index contributed by atoms with van der Waals surface area (Å²) < 4.78 is 5.56. The quantitative estimate of drug-likeness (QED) is 0.772. The Morgan fingerprint density at radius 2 is 1.93 bits per heavy atom. The standard InChI is InChI=1S/C13H25NO/c1-13(8-5-9-13)10-14-11-6-3-4-7-12(11)15-2/h11-12,14H,3-10H2,1-2H3. The minimum absolute atomic E-state index is 0.461. The van der Waals surface area contributed by atoms with Gasteiger partial charge in [0, 0.05) is 19.7 Å². The second-order valence-corrected chi connectivity index (χ2v) is 5.71. The molecule has 0 amide bonds. The first kappa shape index (κ1) is 11.4. The highest BCUT2D eigenvalue weighted by Crippen LogP contribution is 2.39. The molecule has 2 fully saturated rings. The van der Waals surface area contributed by atoms with E-state index >= 15 is 0 Å². The van der Waals surface area contributed by atoms with Crippen molar-refractivity contribution in [3.05, 3.63) is 0 Å². The molecule has 2 saturated carbocycles. The molecule has 2 unspecified atom stereocenters. The molecule has 0 aromatic carbocycles. The van der Waals surface area contributed by atoms with Crippen molar-refractivity contribution in [3.8, 4) is 0 Å². The summed E-state index contributed by atoms with van der Waals surface area (Å²) in [6, 6.07) is 0.612. The van der Waals surface area contributed by atoms with Crippen molar-refractivity contribution in [3.63, 3.8) is 0 Å². The number of hydrogen-bond donors (Lipinski definition) is 1. The molecule has 2 aliphatic carbocycles. The molecule has 2 aliphatic rings. The van der Waals surface area contributed by atoms with Gasteiger partial charge in [0.25, 0.3) is 0 Å². The van der Waals surface area contributed by atoms with Crippen LogP contribution in [0, 0.1) is 5.41 Å². The molecule has 0 aromatic rings. The monoisotopic (exact) mass is 211 g/mol. The highest BCUT2D eigenvalue weighted by atomic mass is 16.5. The lowest BCUT2D eigenvalue weighted by atomic mass is 9.70. The molecule has 0 bridgehead atoms. The van der Waals surface area contributed by atoms with Crippen LogP contribution in [0.2, 0.25) is 0 Å². The van der Waals surface area contributed by atoms with E-state index in [-0.39, 0.29) is 0 Å². The summed E-state index contributed by atoms with van der Waals surface area (Å²) in [5.41, 5.74) is 0.593. The van der Waals surface area contributed by atoms with Crippen LogP contribution >= 0.6 is 0 Å². The van der Waals surface area contributed by atoms with Gasteiger partial charge in [-0.25, -0.2) is 0 Å². The molecule has 1 N–H and O–H groups in total. The molecular weight excluding hydrogens is 186 g/mol. The van der Waals surface area contributed by atoms with Crippen LogP contribution in [0.3, 0.4) is 0 Å². The Bertz CT molecular complexity index is 201. The Labute approximate surface area is 93.8 Å². The van der Waals surface area contributed by atoms with Crippen LogP contribution < -0.4 is 5.32 Å². The lowest BCUT2D eigenvalue weighted by Crippen LogP contribution is -2.48. The lowest BCUT2D eigenvalue weighted by Gasteiger charge is -2.41. The topological polar surface area (TPSA) is 21.3 Å². The van der Waals surface area contributed by atoms with Crippen molar-refractivity contribution in [1.29, 1.82) is 0 Å². The third-order valence-corrected chi connectivity index (χ3v) is 4.36. The van der Waals surface area contributed by atoms with E-state index in [1.54, 1.807) is 0 Å². The second kappa shape index (κ2) is 4.84. The molecule has 88 valence electrons. The van der Waals surface area contributed by atoms with Crippen LogP contribution in [0.4, 0.5) is 0 Å². The zero-order valence-corrected chi connectivity index (χ0v) is 10.2. The summed E-state index contributed by atoms with van der Waals surface area (Å²) in [6.45, 7) is 3.60. The van der Waals surface area contributed by atoms with Crippen molar-refractivity contribution >= 4 is 0 Å². The average molecular weight is 211 g/mol. The fourth-order valence-electron chi connectivity index (χ4n) is 2.95. The molecule has 0 aromatic heterocycles. The van der Waals surface area contributed by atoms with E-state index in [0.29, 0.717) is 17.6 Å². The predicted octanol–water partition coefficient (Wildman–Crippen LogP) is 2.72. The summed E-state index contributed by atoms with van der Waals surface area (Å²) in [5.74, 6) is 0. The van der Waals surface area contributed by atoms with Crippen LogP contribution in [0.5, 0.6) is 0 Å². The van der Waals surface area contributed by atoms with Crippen LogP contribution in [0.1, 0.15) is 51.9 Å². The molecule has 0 saturated heterocycles. The number of methoxy groups -OCH3 is 1. The third kappa shape index (κ3) is 2.73. The van der Waals surface area contributed by atoms with E-state index in [2.05, 4.69) is 12.2 Å². The minimum Gasteiger partial charge on any atom is -0.380 e. The van der Waals surface area contributed by atoms with Gasteiger partial charge in [-0.05, 0) is 31.1 Å². The van der Waals surface area contributed by atoms with Crippen molar-refractivity contribution in [2.75, 3.05) is 13.7 Å². The fraction of sp³-hybridized carbons (Fsp3) is 1.00. The van der Waals surface area contributed by atoms with Gasteiger partial charge in [-0.2, -0.15) is 0 Å². The summed E-state index contributed by atoms with van der Waals surface area (Å²) in [4.78, 5) is 0. The van der Waals surface area contributed by atoms with Crippen molar-refractivity contribution in [2.45, 2.75) is 64.0 Å². The first-order valence-electron chi connectivity index (χ1n) is 6.50. The maximum Gasteiger partial charge on any atom is 0.0724 e. The zero-order chi connectivity index (χ0) is 10.7. The molecule has 15 heavy (non-hydrogen) atoms. The molecule has 0 aliphatic heterocycles. The highest BCUT2D eigenvalue weighted by molar-refractivity contribution is 4.89. The van der Waals surface area contributed by atoms with Crippen LogP contribution in [-0.2, 0) is 4.74 Å². The SMILES string of the molecule is COC1CCCCC1NCC1(C)CCC1. The summed E-state index contributed by atoms with van der Waals surface area (Å²) in [7, 11) is 1.86. The van der Waals surface area contributed by atoms with E-state index in [1.807, 2.05) is 7.11 Å². The number of nitrogens with one attached hydrogen (secondary N) is 1. The molecule has 2 nitrogen and oxygen atoms in total. The first-order valence-corrected chi connectivity index (χ1v) is 6.50. The largest absolute Gasteiger partial charge is 0.380 e. The van der Waals surface area contributed by atoms with Gasteiger partial charge >= 0.3 is 0 Å². The summed E-state index contributed by atoms with van der Waals surface area (Å²) in [6.07, 6.45) is 9.95. The second-order valence-electron chi connectivity index (χ2n) is 5.71. The third-order valence-electron chi connectivity index (χ3n) is 4.36. The Hall–Kier alpha value is -0.0800. The molecule has 0 heterocycles. The van der Waals surface area contributed by atoms with Crippen molar-refractivity contribution < 1.29 is 4.74 Å². The van der Waals surface area contributed by atoms with Gasteiger partial charge in [-0.1, -0.05) is 26.2 Å². The maximum absolute atomic E-state index is 5.56. The van der Waals surface area contributed by atoms with Crippen LogP contribution in [0.15, 0.2) is 0 Å². The van der Waals surface area contributed by atoms with Crippen LogP contribution in [0.25, 0.3) is 0 Å². The molecule has 2 heteroatoms. The predicted molar refractivity (Wildman–Crippen MR) is 63.0 cm³/mol. The van der Waals surface area contributed by atoms with Gasteiger partial charge in [0.2, 0.25) is 0 Å². The fourth-order valence-corrected chi connectivity index (χ4v) is 2.95. The van der Waals surface area contributed by atoms with E-state index in [1.165, 1.54) is 51.5 Å². The normalized spacial score (nSPS) is 34.8. The van der Waals surface area contributed by atoms with Crippen LogP contribution in [-0.4, -0.2) is 25.8 Å². The lowest BCUT2D eigenvalue weighted by molar-refractivity contribution is 0.0328. The Balaban J connectivity index is 1.76. The first-order chi connectivity index (χ1) is 7.23. The molecule has 0 radical (unpaired) electrons. The van der Waals surface area contributed by atoms with E-state index in [4.69, 9.17) is 4.74 Å². The van der Waals surface area contributed by atoms with Crippen molar-refractivity contribution in [1.82, 2.24) is 5.32 Å². The zero-order valence-electron chi connectivity index (χ0n) is 10.2. The average Bonchev–Trinajstić information content (AvgIpc) is 2.24. The van der Waals surface area contributed by atoms with E-state index in [0.717, 1.165) is 0 Å². The number of rotatable bonds is 4. The minimum atomic E-state index is 0.461. The van der Waals surface area contributed by atoms with Gasteiger partial charge in [0.15, 0.2) is 0 Å². The van der Waals surface area contributed by atoms with Gasteiger partial charge in [-0.3, -0.25) is 0 Å². The Kier molecular flexibility index (Phi) is 3.68. The molecule has 2 atom stereocenters. The summed E-state index contributed by atoms with van der Waals surface area (Å²) >= 11 is 0. The summed E-state index contributed by atoms with van der Waals surface area (Å²) in [5, 5.41) is 3.74. The molecule has 0 spiro atoms. The number of hydrogen-bond acceptors (Lipinski definition) is 2. The van der Waals surface area contributed by atoms with E-state index in [9.17, 15) is 0 Å². The number of ether oxygens (including phenoxy) is 1. The van der Waals surface area contributed by atoms with Gasteiger partial charge in [0.1, 0.15) is 0 Å². The maximum atomic E-state index is 5.56.